The van der Waals surface area contributed by atoms with Gasteiger partial charge in [0, 0.05) is 39.3 Å². The van der Waals surface area contributed by atoms with Gasteiger partial charge in [0.2, 0.25) is 0 Å². The fourth-order valence-electron chi connectivity index (χ4n) is 1.52. The van der Waals surface area contributed by atoms with E-state index >= 15 is 0 Å². The van der Waals surface area contributed by atoms with Crippen molar-refractivity contribution in [2.75, 3.05) is 33.4 Å². The van der Waals surface area contributed by atoms with Crippen molar-refractivity contribution >= 4 is 0 Å². The van der Waals surface area contributed by atoms with Gasteiger partial charge < -0.3 is 9.84 Å². The molecule has 1 rings (SSSR count). The van der Waals surface area contributed by atoms with Gasteiger partial charge in [0.05, 0.1) is 5.60 Å². The third-order valence-corrected chi connectivity index (χ3v) is 2.45. The number of rotatable bonds is 4. The smallest absolute Gasteiger partial charge is 0.0749 e. The van der Waals surface area contributed by atoms with Crippen molar-refractivity contribution in [3.05, 3.63) is 0 Å². The highest BCUT2D eigenvalue weighted by Gasteiger charge is 2.30. The average Bonchev–Trinajstić information content (AvgIpc) is 1.96. The van der Waals surface area contributed by atoms with E-state index in [-0.39, 0.29) is 5.60 Å². The summed E-state index contributed by atoms with van der Waals surface area (Å²) >= 11 is 0. The summed E-state index contributed by atoms with van der Waals surface area (Å²) in [5.41, 5.74) is -0.0551. The van der Waals surface area contributed by atoms with Crippen LogP contribution in [0.25, 0.3) is 0 Å². The zero-order chi connectivity index (χ0) is 9.19. The van der Waals surface area contributed by atoms with Gasteiger partial charge in [-0.2, -0.15) is 0 Å². The minimum Gasteiger partial charge on any atom is -0.396 e. The van der Waals surface area contributed by atoms with E-state index in [2.05, 4.69) is 18.7 Å². The number of hydrogen-bond donors (Lipinski definition) is 1. The van der Waals surface area contributed by atoms with Crippen LogP contribution in [0.4, 0.5) is 0 Å². The second-order valence-electron chi connectivity index (χ2n) is 4.21. The third kappa shape index (κ3) is 2.44. The molecular weight excluding hydrogens is 154 g/mol. The van der Waals surface area contributed by atoms with Crippen LogP contribution in [0, 0.1) is 5.92 Å². The Labute approximate surface area is 74.3 Å². The molecule has 1 aliphatic heterocycles. The molecule has 0 bridgehead atoms. The fourth-order valence-corrected chi connectivity index (χ4v) is 1.52. The molecule has 0 aromatic heterocycles. The van der Waals surface area contributed by atoms with E-state index in [9.17, 15) is 0 Å². The Hall–Kier alpha value is -0.120. The summed E-state index contributed by atoms with van der Waals surface area (Å²) in [5, 5.41) is 8.80. The monoisotopic (exact) mass is 173 g/mol. The standard InChI is InChI=1S/C9H19NO2/c1-9(2,12-3)7-10-4-8(5-10)6-11/h8,11H,4-7H2,1-3H3. The highest BCUT2D eigenvalue weighted by atomic mass is 16.5. The zero-order valence-electron chi connectivity index (χ0n) is 8.21. The molecule has 1 N–H and O–H groups in total. The normalized spacial score (nSPS) is 21.0. The number of aliphatic hydroxyl groups excluding tert-OH is 1. The summed E-state index contributed by atoms with van der Waals surface area (Å²) in [7, 11) is 1.74. The lowest BCUT2D eigenvalue weighted by Crippen LogP contribution is -2.53. The summed E-state index contributed by atoms with van der Waals surface area (Å²) < 4.78 is 5.31. The molecule has 0 atom stereocenters. The van der Waals surface area contributed by atoms with Gasteiger partial charge in [-0.15, -0.1) is 0 Å². The quantitative estimate of drug-likeness (QED) is 0.665. The molecule has 3 nitrogen and oxygen atoms in total. The molecule has 0 radical (unpaired) electrons. The molecular formula is C9H19NO2. The highest BCUT2D eigenvalue weighted by Crippen LogP contribution is 2.19. The van der Waals surface area contributed by atoms with Gasteiger partial charge >= 0.3 is 0 Å². The maximum absolute atomic E-state index is 8.80. The summed E-state index contributed by atoms with van der Waals surface area (Å²) in [4.78, 5) is 2.31. The number of hydrogen-bond acceptors (Lipinski definition) is 3. The Bertz CT molecular complexity index is 141. The van der Waals surface area contributed by atoms with Gasteiger partial charge in [0.25, 0.3) is 0 Å². The Morgan fingerprint density at radius 1 is 1.50 bits per heavy atom. The first-order valence-electron chi connectivity index (χ1n) is 4.46. The summed E-state index contributed by atoms with van der Waals surface area (Å²) in [6.07, 6.45) is 0. The van der Waals surface area contributed by atoms with Crippen LogP contribution < -0.4 is 0 Å². The molecule has 3 heteroatoms. The van der Waals surface area contributed by atoms with Crippen LogP contribution in [-0.2, 0) is 4.74 Å². The fraction of sp³-hybridized carbons (Fsp3) is 1.00. The molecule has 1 heterocycles. The maximum atomic E-state index is 8.80. The van der Waals surface area contributed by atoms with Crippen LogP contribution in [0.2, 0.25) is 0 Å². The van der Waals surface area contributed by atoms with E-state index in [0.717, 1.165) is 19.6 Å². The Kier molecular flexibility index (Phi) is 3.09. The van der Waals surface area contributed by atoms with Crippen LogP contribution in [0.3, 0.4) is 0 Å². The summed E-state index contributed by atoms with van der Waals surface area (Å²) in [6.45, 7) is 7.48. The van der Waals surface area contributed by atoms with E-state index in [0.29, 0.717) is 12.5 Å². The van der Waals surface area contributed by atoms with E-state index in [1.54, 1.807) is 7.11 Å². The zero-order valence-corrected chi connectivity index (χ0v) is 8.21. The predicted molar refractivity (Wildman–Crippen MR) is 48.1 cm³/mol. The lowest BCUT2D eigenvalue weighted by molar-refractivity contribution is -0.0448. The van der Waals surface area contributed by atoms with Gasteiger partial charge in [-0.05, 0) is 13.8 Å². The van der Waals surface area contributed by atoms with Gasteiger partial charge in [-0.3, -0.25) is 4.90 Å². The topological polar surface area (TPSA) is 32.7 Å². The molecule has 1 aliphatic rings. The van der Waals surface area contributed by atoms with Gasteiger partial charge in [0.15, 0.2) is 0 Å². The summed E-state index contributed by atoms with van der Waals surface area (Å²) in [5.74, 6) is 0.498. The van der Waals surface area contributed by atoms with Gasteiger partial charge in [-0.25, -0.2) is 0 Å². The van der Waals surface area contributed by atoms with Crippen molar-refractivity contribution in [1.82, 2.24) is 4.90 Å². The SMILES string of the molecule is COC(C)(C)CN1CC(CO)C1. The Morgan fingerprint density at radius 3 is 2.50 bits per heavy atom. The lowest BCUT2D eigenvalue weighted by atomic mass is 9.98. The number of likely N-dealkylation sites (tertiary alicyclic amines) is 1. The first-order valence-corrected chi connectivity index (χ1v) is 4.46. The van der Waals surface area contributed by atoms with Crippen molar-refractivity contribution in [3.8, 4) is 0 Å². The highest BCUT2D eigenvalue weighted by molar-refractivity contribution is 4.84. The van der Waals surface area contributed by atoms with E-state index in [1.165, 1.54) is 0 Å². The minimum absolute atomic E-state index is 0.0551. The van der Waals surface area contributed by atoms with Crippen molar-refractivity contribution in [2.24, 2.45) is 5.92 Å². The molecule has 0 aromatic carbocycles. The predicted octanol–water partition coefficient (Wildman–Crippen LogP) is 0.336. The van der Waals surface area contributed by atoms with E-state index in [1.807, 2.05) is 0 Å². The second-order valence-corrected chi connectivity index (χ2v) is 4.21. The Balaban J connectivity index is 2.18. The van der Waals surface area contributed by atoms with Crippen molar-refractivity contribution in [2.45, 2.75) is 19.4 Å². The molecule has 12 heavy (non-hydrogen) atoms. The largest absolute Gasteiger partial charge is 0.396 e. The number of ether oxygens (including phenoxy) is 1. The summed E-state index contributed by atoms with van der Waals surface area (Å²) in [6, 6.07) is 0. The average molecular weight is 173 g/mol. The lowest BCUT2D eigenvalue weighted by Gasteiger charge is -2.42. The van der Waals surface area contributed by atoms with Crippen molar-refractivity contribution in [3.63, 3.8) is 0 Å². The van der Waals surface area contributed by atoms with Crippen LogP contribution in [0.15, 0.2) is 0 Å². The van der Waals surface area contributed by atoms with Crippen molar-refractivity contribution < 1.29 is 9.84 Å². The van der Waals surface area contributed by atoms with Gasteiger partial charge in [-0.1, -0.05) is 0 Å². The maximum Gasteiger partial charge on any atom is 0.0749 e. The van der Waals surface area contributed by atoms with Crippen molar-refractivity contribution in [1.29, 1.82) is 0 Å². The Morgan fingerprint density at radius 2 is 2.08 bits per heavy atom. The first kappa shape index (κ1) is 9.96. The molecule has 0 aliphatic carbocycles. The molecule has 72 valence electrons. The number of aliphatic hydroxyl groups is 1. The van der Waals surface area contributed by atoms with Gasteiger partial charge in [0.1, 0.15) is 0 Å². The second kappa shape index (κ2) is 3.73. The van der Waals surface area contributed by atoms with Crippen LogP contribution in [0.1, 0.15) is 13.8 Å². The number of nitrogens with zero attached hydrogens (tertiary/aromatic N) is 1. The molecule has 0 aromatic rings. The van der Waals surface area contributed by atoms with E-state index < -0.39 is 0 Å². The molecule has 0 spiro atoms. The molecule has 1 fully saturated rings. The van der Waals surface area contributed by atoms with Crippen LogP contribution in [-0.4, -0.2) is 49.0 Å². The molecule has 1 saturated heterocycles. The molecule has 0 unspecified atom stereocenters. The van der Waals surface area contributed by atoms with E-state index in [4.69, 9.17) is 9.84 Å². The third-order valence-electron chi connectivity index (χ3n) is 2.45. The van der Waals surface area contributed by atoms with Crippen LogP contribution >= 0.6 is 0 Å². The number of methoxy groups -OCH3 is 1. The first-order chi connectivity index (χ1) is 5.57. The molecule has 0 amide bonds. The molecule has 0 saturated carbocycles. The minimum atomic E-state index is -0.0551. The van der Waals surface area contributed by atoms with Crippen LogP contribution in [0.5, 0.6) is 0 Å².